The normalized spacial score (nSPS) is 24.8. The predicted molar refractivity (Wildman–Crippen MR) is 71.1 cm³/mol. The van der Waals surface area contributed by atoms with E-state index in [0.717, 1.165) is 42.5 Å². The maximum atomic E-state index is 10.0. The number of likely N-dealkylation sites (N-methyl/N-ethyl adjacent to an activating group) is 1. The summed E-state index contributed by atoms with van der Waals surface area (Å²) in [5.74, 6) is 0.244. The third kappa shape index (κ3) is 2.89. The van der Waals surface area contributed by atoms with Gasteiger partial charge in [-0.25, -0.2) is 0 Å². The highest BCUT2D eigenvalue weighted by Crippen LogP contribution is 2.37. The summed E-state index contributed by atoms with van der Waals surface area (Å²) < 4.78 is 3.06. The van der Waals surface area contributed by atoms with Crippen molar-refractivity contribution in [2.45, 2.75) is 37.8 Å². The molecular formula is C12H20BrN3O. The molecule has 1 aromatic rings. The summed E-state index contributed by atoms with van der Waals surface area (Å²) >= 11 is 3.55. The molecule has 0 amide bonds. The Morgan fingerprint density at radius 1 is 1.53 bits per heavy atom. The van der Waals surface area contributed by atoms with Crippen LogP contribution in [0.5, 0.6) is 0 Å². The van der Waals surface area contributed by atoms with E-state index < -0.39 is 0 Å². The summed E-state index contributed by atoms with van der Waals surface area (Å²) in [6, 6.07) is 0. The third-order valence-electron chi connectivity index (χ3n) is 3.42. The molecule has 0 spiro atoms. The number of hydrogen-bond donors (Lipinski definition) is 1. The molecule has 1 fully saturated rings. The number of nitrogens with zero attached hydrogens (tertiary/aromatic N) is 3. The van der Waals surface area contributed by atoms with Gasteiger partial charge in [0.05, 0.1) is 29.0 Å². The molecule has 4 nitrogen and oxygen atoms in total. The van der Waals surface area contributed by atoms with Gasteiger partial charge in [0, 0.05) is 12.5 Å². The van der Waals surface area contributed by atoms with Gasteiger partial charge in [-0.3, -0.25) is 4.68 Å². The Kier molecular flexibility index (Phi) is 4.22. The maximum absolute atomic E-state index is 10.0. The monoisotopic (exact) mass is 301 g/mol. The molecule has 1 N–H and O–H groups in total. The molecule has 2 unspecified atom stereocenters. The van der Waals surface area contributed by atoms with E-state index in [9.17, 15) is 5.11 Å². The van der Waals surface area contributed by atoms with E-state index in [-0.39, 0.29) is 12.0 Å². The number of aliphatic hydroxyl groups is 1. The average molecular weight is 302 g/mol. The van der Waals surface area contributed by atoms with Gasteiger partial charge in [0.15, 0.2) is 0 Å². The average Bonchev–Trinajstić information content (AvgIpc) is 2.82. The number of hydrogen-bond acceptors (Lipinski definition) is 3. The fourth-order valence-electron chi connectivity index (χ4n) is 2.47. The molecule has 0 aromatic carbocycles. The first-order valence-corrected chi connectivity index (χ1v) is 6.93. The highest BCUT2D eigenvalue weighted by atomic mass is 79.9. The van der Waals surface area contributed by atoms with Crippen LogP contribution in [-0.2, 0) is 6.54 Å². The SMILES string of the molecule is CN(C)CCn1ncc(Br)c1C1CCCC1O. The third-order valence-corrected chi connectivity index (χ3v) is 4.03. The molecule has 0 aliphatic heterocycles. The van der Waals surface area contributed by atoms with Crippen molar-refractivity contribution in [1.82, 2.24) is 14.7 Å². The van der Waals surface area contributed by atoms with Crippen LogP contribution in [0.15, 0.2) is 10.7 Å². The quantitative estimate of drug-likeness (QED) is 0.922. The van der Waals surface area contributed by atoms with Crippen LogP contribution in [0.25, 0.3) is 0 Å². The second-order valence-corrected chi connectivity index (χ2v) is 5.86. The van der Waals surface area contributed by atoms with Gasteiger partial charge in [0.2, 0.25) is 0 Å². The summed E-state index contributed by atoms with van der Waals surface area (Å²) in [7, 11) is 4.12. The number of rotatable bonds is 4. The van der Waals surface area contributed by atoms with Crippen LogP contribution in [0.3, 0.4) is 0 Å². The highest BCUT2D eigenvalue weighted by Gasteiger charge is 2.31. The maximum Gasteiger partial charge on any atom is 0.0635 e. The zero-order valence-corrected chi connectivity index (χ0v) is 12.0. The van der Waals surface area contributed by atoms with Gasteiger partial charge < -0.3 is 10.0 Å². The van der Waals surface area contributed by atoms with Gasteiger partial charge in [-0.15, -0.1) is 0 Å². The fourth-order valence-corrected chi connectivity index (χ4v) is 3.06. The van der Waals surface area contributed by atoms with Crippen LogP contribution in [-0.4, -0.2) is 46.5 Å². The molecule has 96 valence electrons. The lowest BCUT2D eigenvalue weighted by atomic mass is 10.0. The van der Waals surface area contributed by atoms with Gasteiger partial charge in [-0.1, -0.05) is 6.42 Å². The fraction of sp³-hybridized carbons (Fsp3) is 0.750. The van der Waals surface area contributed by atoms with Crippen molar-refractivity contribution in [3.63, 3.8) is 0 Å². The van der Waals surface area contributed by atoms with E-state index in [1.807, 2.05) is 10.9 Å². The molecule has 1 saturated carbocycles. The summed E-state index contributed by atoms with van der Waals surface area (Å²) in [6.07, 6.45) is 4.72. The Balaban J connectivity index is 2.17. The second-order valence-electron chi connectivity index (χ2n) is 5.01. The van der Waals surface area contributed by atoms with Gasteiger partial charge >= 0.3 is 0 Å². The van der Waals surface area contributed by atoms with Crippen molar-refractivity contribution >= 4 is 15.9 Å². The van der Waals surface area contributed by atoms with E-state index in [4.69, 9.17) is 0 Å². The molecule has 0 bridgehead atoms. The molecule has 2 atom stereocenters. The van der Waals surface area contributed by atoms with Crippen LogP contribution in [0.2, 0.25) is 0 Å². The van der Waals surface area contributed by atoms with E-state index in [1.165, 1.54) is 0 Å². The van der Waals surface area contributed by atoms with Crippen LogP contribution in [0.4, 0.5) is 0 Å². The van der Waals surface area contributed by atoms with Gasteiger partial charge in [-0.05, 0) is 42.9 Å². The minimum Gasteiger partial charge on any atom is -0.392 e. The molecule has 5 heteroatoms. The smallest absolute Gasteiger partial charge is 0.0635 e. The summed E-state index contributed by atoms with van der Waals surface area (Å²) in [5.41, 5.74) is 1.16. The van der Waals surface area contributed by atoms with E-state index >= 15 is 0 Å². The molecule has 2 rings (SSSR count). The zero-order chi connectivity index (χ0) is 12.4. The summed E-state index contributed by atoms with van der Waals surface area (Å²) in [6.45, 7) is 1.83. The number of aromatic nitrogens is 2. The largest absolute Gasteiger partial charge is 0.392 e. The van der Waals surface area contributed by atoms with Crippen molar-refractivity contribution in [2.75, 3.05) is 20.6 Å². The lowest BCUT2D eigenvalue weighted by Gasteiger charge is -2.18. The van der Waals surface area contributed by atoms with E-state index in [0.29, 0.717) is 0 Å². The van der Waals surface area contributed by atoms with Crippen LogP contribution in [0.1, 0.15) is 30.9 Å². The van der Waals surface area contributed by atoms with Crippen molar-refractivity contribution in [1.29, 1.82) is 0 Å². The summed E-state index contributed by atoms with van der Waals surface area (Å²) in [4.78, 5) is 2.14. The van der Waals surface area contributed by atoms with Crippen molar-refractivity contribution in [3.05, 3.63) is 16.4 Å². The first kappa shape index (κ1) is 13.1. The van der Waals surface area contributed by atoms with Crippen molar-refractivity contribution in [3.8, 4) is 0 Å². The Morgan fingerprint density at radius 3 is 2.88 bits per heavy atom. The van der Waals surface area contributed by atoms with E-state index in [1.54, 1.807) is 0 Å². The van der Waals surface area contributed by atoms with E-state index in [2.05, 4.69) is 40.0 Å². The minimum absolute atomic E-state index is 0.207. The Hall–Kier alpha value is -0.390. The van der Waals surface area contributed by atoms with Gasteiger partial charge in [-0.2, -0.15) is 5.10 Å². The molecular weight excluding hydrogens is 282 g/mol. The Morgan fingerprint density at radius 2 is 2.29 bits per heavy atom. The van der Waals surface area contributed by atoms with Gasteiger partial charge in [0.1, 0.15) is 0 Å². The number of halogens is 1. The lowest BCUT2D eigenvalue weighted by Crippen LogP contribution is -2.22. The molecule has 0 radical (unpaired) electrons. The molecule has 0 saturated heterocycles. The number of aliphatic hydroxyl groups excluding tert-OH is 1. The first-order chi connectivity index (χ1) is 8.09. The summed E-state index contributed by atoms with van der Waals surface area (Å²) in [5, 5.41) is 14.4. The lowest BCUT2D eigenvalue weighted by molar-refractivity contribution is 0.159. The molecule has 1 heterocycles. The highest BCUT2D eigenvalue weighted by molar-refractivity contribution is 9.10. The topological polar surface area (TPSA) is 41.3 Å². The van der Waals surface area contributed by atoms with Crippen molar-refractivity contribution < 1.29 is 5.11 Å². The second kappa shape index (κ2) is 5.50. The molecule has 1 aromatic heterocycles. The molecule has 1 aliphatic rings. The Labute approximate surface area is 111 Å². The van der Waals surface area contributed by atoms with Crippen LogP contribution >= 0.6 is 15.9 Å². The minimum atomic E-state index is -0.207. The predicted octanol–water partition coefficient (Wildman–Crippen LogP) is 1.84. The zero-order valence-electron chi connectivity index (χ0n) is 10.4. The molecule has 1 aliphatic carbocycles. The standard InChI is InChI=1S/C12H20BrN3O/c1-15(2)6-7-16-12(10(13)8-14-16)9-4-3-5-11(9)17/h8-9,11,17H,3-7H2,1-2H3. The van der Waals surface area contributed by atoms with Gasteiger partial charge in [0.25, 0.3) is 0 Å². The Bertz CT molecular complexity index is 378. The van der Waals surface area contributed by atoms with Crippen LogP contribution < -0.4 is 0 Å². The first-order valence-electron chi connectivity index (χ1n) is 6.13. The van der Waals surface area contributed by atoms with Crippen LogP contribution in [0, 0.1) is 0 Å². The molecule has 17 heavy (non-hydrogen) atoms. The van der Waals surface area contributed by atoms with Crippen molar-refractivity contribution in [2.24, 2.45) is 0 Å².